The fourth-order valence-corrected chi connectivity index (χ4v) is 4.14. The lowest BCUT2D eigenvalue weighted by molar-refractivity contribution is 0.0737. The summed E-state index contributed by atoms with van der Waals surface area (Å²) in [5, 5.41) is 2.92. The molecule has 156 valence electrons. The van der Waals surface area contributed by atoms with Crippen LogP contribution in [-0.4, -0.2) is 5.97 Å². The second-order valence-corrected chi connectivity index (χ2v) is 8.02. The lowest BCUT2D eigenvalue weighted by Gasteiger charge is -2.09. The standard InChI is InChI=1S/C26H14Cl2O4/c27-16-8-10-19(23(28)12-16)22-14-31-24-13-17(9-11-21(24)25(22)29)32-26(30)20-7-3-5-15-4-1-2-6-18(15)20/h1-14H. The summed E-state index contributed by atoms with van der Waals surface area (Å²) in [7, 11) is 0. The van der Waals surface area contributed by atoms with Gasteiger partial charge in [-0.3, -0.25) is 4.79 Å². The van der Waals surface area contributed by atoms with Gasteiger partial charge in [0.1, 0.15) is 17.6 Å². The Labute approximate surface area is 192 Å². The number of carbonyl (C=O) groups excluding carboxylic acids is 1. The van der Waals surface area contributed by atoms with E-state index in [1.807, 2.05) is 36.4 Å². The van der Waals surface area contributed by atoms with Crippen molar-refractivity contribution in [3.05, 3.63) is 111 Å². The van der Waals surface area contributed by atoms with E-state index < -0.39 is 5.97 Å². The van der Waals surface area contributed by atoms with Crippen molar-refractivity contribution in [3.8, 4) is 16.9 Å². The molecule has 0 bridgehead atoms. The smallest absolute Gasteiger partial charge is 0.344 e. The average Bonchev–Trinajstić information content (AvgIpc) is 2.79. The molecule has 0 radical (unpaired) electrons. The molecule has 0 unspecified atom stereocenters. The highest BCUT2D eigenvalue weighted by Crippen LogP contribution is 2.30. The molecular weight excluding hydrogens is 447 g/mol. The molecule has 4 nitrogen and oxygen atoms in total. The molecule has 4 aromatic carbocycles. The van der Waals surface area contributed by atoms with Crippen LogP contribution in [0, 0.1) is 0 Å². The Morgan fingerprint density at radius 2 is 1.62 bits per heavy atom. The molecule has 0 fully saturated rings. The van der Waals surface area contributed by atoms with Crippen LogP contribution in [-0.2, 0) is 0 Å². The third-order valence-electron chi connectivity index (χ3n) is 5.19. The summed E-state index contributed by atoms with van der Waals surface area (Å²) in [4.78, 5) is 25.8. The molecule has 0 N–H and O–H groups in total. The highest BCUT2D eigenvalue weighted by molar-refractivity contribution is 6.36. The maximum Gasteiger partial charge on any atom is 0.344 e. The van der Waals surface area contributed by atoms with Crippen molar-refractivity contribution in [2.45, 2.75) is 0 Å². The van der Waals surface area contributed by atoms with Crippen LogP contribution in [0.25, 0.3) is 32.9 Å². The summed E-state index contributed by atoms with van der Waals surface area (Å²) in [6, 6.07) is 22.6. The second-order valence-electron chi connectivity index (χ2n) is 7.18. The number of benzene rings is 4. The van der Waals surface area contributed by atoms with Crippen LogP contribution in [0.1, 0.15) is 10.4 Å². The minimum Gasteiger partial charge on any atom is -0.463 e. The van der Waals surface area contributed by atoms with Gasteiger partial charge in [-0.2, -0.15) is 0 Å². The topological polar surface area (TPSA) is 56.5 Å². The summed E-state index contributed by atoms with van der Waals surface area (Å²) in [6.07, 6.45) is 1.34. The lowest BCUT2D eigenvalue weighted by Crippen LogP contribution is -2.10. The summed E-state index contributed by atoms with van der Waals surface area (Å²) < 4.78 is 11.2. The van der Waals surface area contributed by atoms with Crippen LogP contribution >= 0.6 is 23.2 Å². The number of rotatable bonds is 3. The van der Waals surface area contributed by atoms with E-state index in [1.54, 1.807) is 36.4 Å². The quantitative estimate of drug-likeness (QED) is 0.212. The minimum atomic E-state index is -0.493. The van der Waals surface area contributed by atoms with Crippen LogP contribution in [0.15, 0.2) is 94.3 Å². The first-order chi connectivity index (χ1) is 15.5. The van der Waals surface area contributed by atoms with Gasteiger partial charge in [0.05, 0.1) is 21.5 Å². The maximum atomic E-state index is 13.0. The van der Waals surface area contributed by atoms with E-state index in [0.717, 1.165) is 10.8 Å². The monoisotopic (exact) mass is 460 g/mol. The predicted octanol–water partition coefficient (Wildman–Crippen LogP) is 7.14. The second kappa shape index (κ2) is 8.15. The van der Waals surface area contributed by atoms with Crippen LogP contribution in [0.2, 0.25) is 10.0 Å². The van der Waals surface area contributed by atoms with Gasteiger partial charge >= 0.3 is 5.97 Å². The first-order valence-corrected chi connectivity index (χ1v) is 10.5. The first-order valence-electron chi connectivity index (χ1n) is 9.72. The molecule has 0 aliphatic rings. The maximum absolute atomic E-state index is 13.0. The van der Waals surface area contributed by atoms with Gasteiger partial charge in [-0.05, 0) is 41.1 Å². The van der Waals surface area contributed by atoms with Gasteiger partial charge in [0.15, 0.2) is 0 Å². The van der Waals surface area contributed by atoms with Crippen LogP contribution in [0.4, 0.5) is 0 Å². The van der Waals surface area contributed by atoms with E-state index in [-0.39, 0.29) is 11.2 Å². The Hall–Kier alpha value is -3.60. The summed E-state index contributed by atoms with van der Waals surface area (Å²) >= 11 is 12.2. The molecule has 1 heterocycles. The first kappa shape index (κ1) is 20.3. The van der Waals surface area contributed by atoms with Crippen LogP contribution < -0.4 is 10.2 Å². The molecule has 0 saturated carbocycles. The molecular formula is C26H14Cl2O4. The largest absolute Gasteiger partial charge is 0.463 e. The molecule has 0 aliphatic carbocycles. The average molecular weight is 461 g/mol. The molecule has 0 aliphatic heterocycles. The SMILES string of the molecule is O=C(Oc1ccc2c(=O)c(-c3ccc(Cl)cc3Cl)coc2c1)c1cccc2ccccc12. The Kier molecular flexibility index (Phi) is 5.17. The Bertz CT molecular complexity index is 1560. The number of carbonyl (C=O) groups is 1. The van der Waals surface area contributed by atoms with Crippen LogP contribution in [0.5, 0.6) is 5.75 Å². The molecule has 5 aromatic rings. The van der Waals surface area contributed by atoms with E-state index >= 15 is 0 Å². The zero-order valence-electron chi connectivity index (χ0n) is 16.5. The zero-order valence-corrected chi connectivity index (χ0v) is 18.0. The molecule has 5 rings (SSSR count). The van der Waals surface area contributed by atoms with E-state index in [1.165, 1.54) is 12.3 Å². The summed E-state index contributed by atoms with van der Waals surface area (Å²) in [5.74, 6) is -0.219. The fourth-order valence-electron chi connectivity index (χ4n) is 3.63. The van der Waals surface area contributed by atoms with Crippen molar-refractivity contribution in [3.63, 3.8) is 0 Å². The van der Waals surface area contributed by atoms with Crippen molar-refractivity contribution < 1.29 is 13.9 Å². The van der Waals surface area contributed by atoms with Gasteiger partial charge in [-0.1, -0.05) is 65.7 Å². The number of hydrogen-bond acceptors (Lipinski definition) is 4. The molecule has 0 spiro atoms. The van der Waals surface area contributed by atoms with E-state index in [9.17, 15) is 9.59 Å². The van der Waals surface area contributed by atoms with Gasteiger partial charge in [-0.25, -0.2) is 4.79 Å². The third-order valence-corrected chi connectivity index (χ3v) is 5.74. The highest BCUT2D eigenvalue weighted by atomic mass is 35.5. The van der Waals surface area contributed by atoms with Crippen molar-refractivity contribution in [1.82, 2.24) is 0 Å². The predicted molar refractivity (Wildman–Crippen MR) is 127 cm³/mol. The minimum absolute atomic E-state index is 0.248. The number of halogens is 2. The van der Waals surface area contributed by atoms with Gasteiger partial charge in [0, 0.05) is 16.7 Å². The number of fused-ring (bicyclic) bond motifs is 2. The Balaban J connectivity index is 1.50. The third kappa shape index (κ3) is 3.64. The lowest BCUT2D eigenvalue weighted by atomic mass is 10.0. The molecule has 6 heteroatoms. The fraction of sp³-hybridized carbons (Fsp3) is 0. The van der Waals surface area contributed by atoms with Crippen LogP contribution in [0.3, 0.4) is 0 Å². The zero-order chi connectivity index (χ0) is 22.2. The molecule has 0 atom stereocenters. The Morgan fingerprint density at radius 3 is 2.47 bits per heavy atom. The van der Waals surface area contributed by atoms with Crippen molar-refractivity contribution in [1.29, 1.82) is 0 Å². The summed E-state index contributed by atoms with van der Waals surface area (Å²) in [6.45, 7) is 0. The van der Waals surface area contributed by atoms with Gasteiger partial charge < -0.3 is 9.15 Å². The van der Waals surface area contributed by atoms with E-state index in [4.69, 9.17) is 32.4 Å². The normalized spacial score (nSPS) is 11.1. The van der Waals surface area contributed by atoms with Crippen molar-refractivity contribution in [2.24, 2.45) is 0 Å². The van der Waals surface area contributed by atoms with Crippen molar-refractivity contribution in [2.75, 3.05) is 0 Å². The molecule has 0 amide bonds. The molecule has 1 aromatic heterocycles. The van der Waals surface area contributed by atoms with Gasteiger partial charge in [0.25, 0.3) is 0 Å². The number of hydrogen-bond donors (Lipinski definition) is 0. The highest BCUT2D eigenvalue weighted by Gasteiger charge is 2.15. The van der Waals surface area contributed by atoms with Crippen molar-refractivity contribution >= 4 is 50.9 Å². The summed E-state index contributed by atoms with van der Waals surface area (Å²) in [5.41, 5.74) is 1.35. The van der Waals surface area contributed by atoms with Gasteiger partial charge in [0.2, 0.25) is 5.43 Å². The number of esters is 1. The van der Waals surface area contributed by atoms with Gasteiger partial charge in [-0.15, -0.1) is 0 Å². The number of ether oxygens (including phenoxy) is 1. The van der Waals surface area contributed by atoms with E-state index in [2.05, 4.69) is 0 Å². The molecule has 0 saturated heterocycles. The van der Waals surface area contributed by atoms with E-state index in [0.29, 0.717) is 37.7 Å². The molecule has 32 heavy (non-hydrogen) atoms. The Morgan fingerprint density at radius 1 is 0.812 bits per heavy atom.